The van der Waals surface area contributed by atoms with Gasteiger partial charge in [0.2, 0.25) is 0 Å². The Kier molecular flexibility index (Phi) is 3.25. The molecule has 0 fully saturated rings. The van der Waals surface area contributed by atoms with Crippen molar-refractivity contribution in [3.8, 4) is 0 Å². The molecule has 0 saturated carbocycles. The third-order valence-electron chi connectivity index (χ3n) is 2.09. The molecule has 1 heterocycles. The Morgan fingerprint density at radius 2 is 2.06 bits per heavy atom. The van der Waals surface area contributed by atoms with E-state index >= 15 is 0 Å². The van der Waals surface area contributed by atoms with E-state index in [2.05, 4.69) is 5.10 Å². The van der Waals surface area contributed by atoms with E-state index in [1.165, 1.54) is 7.05 Å². The smallest absolute Gasteiger partial charge is 0.420 e. The summed E-state index contributed by atoms with van der Waals surface area (Å²) >= 11 is 0. The van der Waals surface area contributed by atoms with Gasteiger partial charge in [0.15, 0.2) is 5.69 Å². The third-order valence-corrected chi connectivity index (χ3v) is 2.09. The molecule has 0 saturated heterocycles. The number of rotatable bonds is 3. The Morgan fingerprint density at radius 1 is 1.50 bits per heavy atom. The van der Waals surface area contributed by atoms with E-state index in [9.17, 15) is 18.0 Å². The van der Waals surface area contributed by atoms with Crippen LogP contribution < -0.4 is 0 Å². The maximum absolute atomic E-state index is 12.7. The fourth-order valence-electron chi connectivity index (χ4n) is 1.53. The highest BCUT2D eigenvalue weighted by Gasteiger charge is 2.41. The molecule has 0 radical (unpaired) electrons. The lowest BCUT2D eigenvalue weighted by Gasteiger charge is -2.07. The molecule has 0 amide bonds. The summed E-state index contributed by atoms with van der Waals surface area (Å²) in [4.78, 5) is 10.7. The molecule has 0 bridgehead atoms. The number of nitrogens with zero attached hydrogens (tertiary/aromatic N) is 2. The number of alkyl halides is 3. The molecule has 16 heavy (non-hydrogen) atoms. The van der Waals surface area contributed by atoms with Crippen LogP contribution in [0.2, 0.25) is 0 Å². The van der Waals surface area contributed by atoms with E-state index in [4.69, 9.17) is 5.11 Å². The van der Waals surface area contributed by atoms with Crippen molar-refractivity contribution in [1.82, 2.24) is 9.78 Å². The zero-order chi connectivity index (χ0) is 12.5. The fraction of sp³-hybridized carbons (Fsp3) is 0.556. The Morgan fingerprint density at radius 3 is 2.44 bits per heavy atom. The molecule has 0 unspecified atom stereocenters. The lowest BCUT2D eigenvalue weighted by atomic mass is 10.1. The van der Waals surface area contributed by atoms with Crippen molar-refractivity contribution < 1.29 is 23.1 Å². The van der Waals surface area contributed by atoms with Crippen LogP contribution in [0.5, 0.6) is 0 Å². The van der Waals surface area contributed by atoms with Crippen LogP contribution in [-0.4, -0.2) is 20.9 Å². The molecular formula is C9H11F3N2O2. The molecule has 0 aliphatic carbocycles. The van der Waals surface area contributed by atoms with Crippen molar-refractivity contribution in [3.63, 3.8) is 0 Å². The second kappa shape index (κ2) is 4.15. The lowest BCUT2D eigenvalue weighted by molar-refractivity contribution is -0.138. The van der Waals surface area contributed by atoms with Crippen molar-refractivity contribution >= 4 is 5.97 Å². The predicted octanol–water partition coefficient (Wildman–Crippen LogP) is 2.09. The van der Waals surface area contributed by atoms with Gasteiger partial charge in [0.1, 0.15) is 5.56 Å². The predicted molar refractivity (Wildman–Crippen MR) is 49.2 cm³/mol. The van der Waals surface area contributed by atoms with Crippen molar-refractivity contribution in [2.45, 2.75) is 25.9 Å². The van der Waals surface area contributed by atoms with Crippen LogP contribution >= 0.6 is 0 Å². The second-order valence-corrected chi connectivity index (χ2v) is 3.35. The number of carboxylic acid groups (broad SMARTS) is 1. The van der Waals surface area contributed by atoms with Gasteiger partial charge in [0.05, 0.1) is 5.69 Å². The van der Waals surface area contributed by atoms with Crippen LogP contribution in [0.3, 0.4) is 0 Å². The SMILES string of the molecule is CCCc1nn(C)c(C(=O)O)c1C(F)(F)F. The molecule has 0 aliphatic heterocycles. The number of carbonyl (C=O) groups is 1. The molecule has 4 nitrogen and oxygen atoms in total. The summed E-state index contributed by atoms with van der Waals surface area (Å²) in [5.74, 6) is -1.62. The summed E-state index contributed by atoms with van der Waals surface area (Å²) < 4.78 is 38.8. The second-order valence-electron chi connectivity index (χ2n) is 3.35. The average Bonchev–Trinajstić information content (AvgIpc) is 2.42. The molecule has 1 aromatic heterocycles. The van der Waals surface area contributed by atoms with Crippen LogP contribution in [0.15, 0.2) is 0 Å². The maximum Gasteiger partial charge on any atom is 0.420 e. The monoisotopic (exact) mass is 236 g/mol. The third kappa shape index (κ3) is 2.17. The quantitative estimate of drug-likeness (QED) is 0.874. The van der Waals surface area contributed by atoms with Gasteiger partial charge in [-0.2, -0.15) is 18.3 Å². The Hall–Kier alpha value is -1.53. The van der Waals surface area contributed by atoms with Crippen molar-refractivity contribution in [3.05, 3.63) is 17.0 Å². The first kappa shape index (κ1) is 12.5. The average molecular weight is 236 g/mol. The topological polar surface area (TPSA) is 55.1 Å². The van der Waals surface area contributed by atoms with Gasteiger partial charge in [-0.15, -0.1) is 0 Å². The Balaban J connectivity index is 3.43. The van der Waals surface area contributed by atoms with Crippen molar-refractivity contribution in [1.29, 1.82) is 0 Å². The van der Waals surface area contributed by atoms with E-state index < -0.39 is 23.4 Å². The lowest BCUT2D eigenvalue weighted by Crippen LogP contribution is -2.15. The van der Waals surface area contributed by atoms with E-state index in [0.717, 1.165) is 4.68 Å². The van der Waals surface area contributed by atoms with Crippen LogP contribution in [-0.2, 0) is 19.6 Å². The minimum Gasteiger partial charge on any atom is -0.477 e. The van der Waals surface area contributed by atoms with Crippen molar-refractivity contribution in [2.24, 2.45) is 7.05 Å². The number of aromatic carboxylic acids is 1. The van der Waals surface area contributed by atoms with Gasteiger partial charge in [-0.3, -0.25) is 4.68 Å². The van der Waals surface area contributed by atoms with Crippen LogP contribution in [0.4, 0.5) is 13.2 Å². The largest absolute Gasteiger partial charge is 0.477 e. The minimum atomic E-state index is -4.69. The minimum absolute atomic E-state index is 0.107. The number of hydrogen-bond donors (Lipinski definition) is 1. The molecule has 0 atom stereocenters. The number of aryl methyl sites for hydroxylation is 2. The van der Waals surface area contributed by atoms with E-state index in [1.54, 1.807) is 6.92 Å². The normalized spacial score (nSPS) is 11.8. The zero-order valence-electron chi connectivity index (χ0n) is 8.80. The summed E-state index contributed by atoms with van der Waals surface area (Å²) in [5.41, 5.74) is -2.16. The maximum atomic E-state index is 12.7. The highest BCUT2D eigenvalue weighted by atomic mass is 19.4. The number of carboxylic acids is 1. The first-order chi connectivity index (χ1) is 7.29. The van der Waals surface area contributed by atoms with Gasteiger partial charge in [-0.05, 0) is 6.42 Å². The first-order valence-electron chi connectivity index (χ1n) is 4.65. The van der Waals surface area contributed by atoms with Gasteiger partial charge in [-0.25, -0.2) is 4.79 Å². The molecule has 90 valence electrons. The van der Waals surface area contributed by atoms with Crippen LogP contribution in [0, 0.1) is 0 Å². The molecule has 1 rings (SSSR count). The molecule has 0 aliphatic rings. The van der Waals surface area contributed by atoms with Gasteiger partial charge in [0.25, 0.3) is 0 Å². The number of aromatic nitrogens is 2. The summed E-state index contributed by atoms with van der Waals surface area (Å²) in [5, 5.41) is 12.3. The fourth-order valence-corrected chi connectivity index (χ4v) is 1.53. The van der Waals surface area contributed by atoms with Crippen molar-refractivity contribution in [2.75, 3.05) is 0 Å². The van der Waals surface area contributed by atoms with E-state index in [1.807, 2.05) is 0 Å². The summed E-state index contributed by atoms with van der Waals surface area (Å²) in [6.07, 6.45) is -4.11. The standard InChI is InChI=1S/C9H11F3N2O2/c1-3-4-5-6(9(10,11)12)7(8(15)16)14(2)13-5/h3-4H2,1-2H3,(H,15,16). The van der Waals surface area contributed by atoms with Crippen LogP contribution in [0.1, 0.15) is 35.1 Å². The van der Waals surface area contributed by atoms with Gasteiger partial charge < -0.3 is 5.11 Å². The van der Waals surface area contributed by atoms with Gasteiger partial charge in [0, 0.05) is 7.05 Å². The molecule has 0 aromatic carbocycles. The Bertz CT molecular complexity index is 410. The Labute approximate surface area is 89.7 Å². The molecule has 1 aromatic rings. The number of hydrogen-bond acceptors (Lipinski definition) is 2. The molecule has 7 heteroatoms. The summed E-state index contributed by atoms with van der Waals surface area (Å²) in [6, 6.07) is 0. The zero-order valence-corrected chi connectivity index (χ0v) is 8.80. The van der Waals surface area contributed by atoms with E-state index in [-0.39, 0.29) is 12.1 Å². The summed E-state index contributed by atoms with van der Waals surface area (Å²) in [6.45, 7) is 1.70. The summed E-state index contributed by atoms with van der Waals surface area (Å²) in [7, 11) is 1.19. The number of halogens is 3. The van der Waals surface area contributed by atoms with Crippen LogP contribution in [0.25, 0.3) is 0 Å². The van der Waals surface area contributed by atoms with E-state index in [0.29, 0.717) is 6.42 Å². The van der Waals surface area contributed by atoms with Gasteiger partial charge >= 0.3 is 12.1 Å². The van der Waals surface area contributed by atoms with Gasteiger partial charge in [-0.1, -0.05) is 13.3 Å². The highest BCUT2D eigenvalue weighted by Crippen LogP contribution is 2.35. The molecule has 0 spiro atoms. The first-order valence-corrected chi connectivity index (χ1v) is 4.65. The molecular weight excluding hydrogens is 225 g/mol. The molecule has 1 N–H and O–H groups in total. The highest BCUT2D eigenvalue weighted by molar-refractivity contribution is 5.88.